The third kappa shape index (κ3) is 3.94. The van der Waals surface area contributed by atoms with Crippen LogP contribution in [0.3, 0.4) is 0 Å². The van der Waals surface area contributed by atoms with Gasteiger partial charge in [0.1, 0.15) is 0 Å². The molecule has 0 aliphatic rings. The van der Waals surface area contributed by atoms with E-state index >= 15 is 0 Å². The van der Waals surface area contributed by atoms with E-state index in [1.165, 1.54) is 12.8 Å². The maximum Gasteiger partial charge on any atom is 0.0669 e. The average Bonchev–Trinajstić information content (AvgIpc) is 2.31. The van der Waals surface area contributed by atoms with Gasteiger partial charge < -0.3 is 5.32 Å². The zero-order valence-electron chi connectivity index (χ0n) is 10.2. The van der Waals surface area contributed by atoms with Crippen LogP contribution in [0.15, 0.2) is 24.3 Å². The van der Waals surface area contributed by atoms with Crippen LogP contribution in [0.2, 0.25) is 0 Å². The molecule has 86 valence electrons. The Kier molecular flexibility index (Phi) is 5.42. The van der Waals surface area contributed by atoms with Crippen molar-refractivity contribution < 1.29 is 0 Å². The lowest BCUT2D eigenvalue weighted by molar-refractivity contribution is 0.623. The number of hydrogen-bond donors (Lipinski definition) is 1. The van der Waals surface area contributed by atoms with Crippen molar-refractivity contribution in [1.29, 1.82) is 5.26 Å². The van der Waals surface area contributed by atoms with Crippen molar-refractivity contribution in [3.05, 3.63) is 29.8 Å². The highest BCUT2D eigenvalue weighted by Crippen LogP contribution is 2.14. The Balaban J connectivity index is 2.57. The Hall–Kier alpha value is -1.49. The lowest BCUT2D eigenvalue weighted by Gasteiger charge is -2.17. The van der Waals surface area contributed by atoms with Crippen molar-refractivity contribution in [2.45, 2.75) is 45.6 Å². The standard InChI is InChI=1S/C14H20N2/c1-3-5-13(4-2)16-14-8-6-12(7-9-14)10-11-15/h6-9,13,16H,3-5,10H2,1-2H3. The van der Waals surface area contributed by atoms with Crippen LogP contribution in [0.4, 0.5) is 5.69 Å². The van der Waals surface area contributed by atoms with E-state index < -0.39 is 0 Å². The molecule has 1 aromatic carbocycles. The molecule has 1 atom stereocenters. The second-order valence-electron chi connectivity index (χ2n) is 4.07. The minimum absolute atomic E-state index is 0.493. The SMILES string of the molecule is CCCC(CC)Nc1ccc(CC#N)cc1. The maximum absolute atomic E-state index is 8.58. The first-order valence-corrected chi connectivity index (χ1v) is 6.02. The Morgan fingerprint density at radius 2 is 1.94 bits per heavy atom. The normalized spacial score (nSPS) is 11.8. The predicted octanol–water partition coefficient (Wildman–Crippen LogP) is 3.74. The summed E-state index contributed by atoms with van der Waals surface area (Å²) in [5.74, 6) is 0. The monoisotopic (exact) mass is 216 g/mol. The second-order valence-corrected chi connectivity index (χ2v) is 4.07. The van der Waals surface area contributed by atoms with Crippen molar-refractivity contribution in [3.63, 3.8) is 0 Å². The highest BCUT2D eigenvalue weighted by atomic mass is 14.9. The molecular formula is C14H20N2. The van der Waals surface area contributed by atoms with Crippen LogP contribution in [0.5, 0.6) is 0 Å². The van der Waals surface area contributed by atoms with Crippen LogP contribution >= 0.6 is 0 Å². The molecule has 0 saturated carbocycles. The van der Waals surface area contributed by atoms with Crippen molar-refractivity contribution in [3.8, 4) is 6.07 Å². The van der Waals surface area contributed by atoms with E-state index in [1.807, 2.05) is 12.1 Å². The molecule has 1 N–H and O–H groups in total. The Labute approximate surface area is 98.3 Å². The van der Waals surface area contributed by atoms with Gasteiger partial charge in [0.15, 0.2) is 0 Å². The van der Waals surface area contributed by atoms with E-state index in [4.69, 9.17) is 5.26 Å². The second kappa shape index (κ2) is 6.90. The van der Waals surface area contributed by atoms with E-state index in [-0.39, 0.29) is 0 Å². The topological polar surface area (TPSA) is 35.8 Å². The van der Waals surface area contributed by atoms with Crippen molar-refractivity contribution in [2.75, 3.05) is 5.32 Å². The quantitative estimate of drug-likeness (QED) is 0.786. The van der Waals surface area contributed by atoms with Crippen LogP contribution in [0.25, 0.3) is 0 Å². The molecule has 0 fully saturated rings. The minimum Gasteiger partial charge on any atom is -0.382 e. The fourth-order valence-corrected chi connectivity index (χ4v) is 1.77. The van der Waals surface area contributed by atoms with Gasteiger partial charge in [-0.2, -0.15) is 5.26 Å². The molecule has 1 unspecified atom stereocenters. The third-order valence-electron chi connectivity index (χ3n) is 2.74. The van der Waals surface area contributed by atoms with Gasteiger partial charge in [0.2, 0.25) is 0 Å². The molecule has 2 nitrogen and oxygen atoms in total. The summed E-state index contributed by atoms with van der Waals surface area (Å²) in [6, 6.07) is 10.9. The Morgan fingerprint density at radius 1 is 1.25 bits per heavy atom. The summed E-state index contributed by atoms with van der Waals surface area (Å²) in [4.78, 5) is 0. The molecule has 0 bridgehead atoms. The number of benzene rings is 1. The van der Waals surface area contributed by atoms with Gasteiger partial charge >= 0.3 is 0 Å². The molecule has 0 aliphatic carbocycles. The van der Waals surface area contributed by atoms with Crippen LogP contribution in [0.1, 0.15) is 38.7 Å². The maximum atomic E-state index is 8.58. The van der Waals surface area contributed by atoms with Gasteiger partial charge in [-0.25, -0.2) is 0 Å². The number of nitriles is 1. The molecule has 1 rings (SSSR count). The third-order valence-corrected chi connectivity index (χ3v) is 2.74. The lowest BCUT2D eigenvalue weighted by atomic mass is 10.1. The molecular weight excluding hydrogens is 196 g/mol. The molecule has 16 heavy (non-hydrogen) atoms. The summed E-state index contributed by atoms with van der Waals surface area (Å²) in [6.45, 7) is 4.41. The van der Waals surface area contributed by atoms with E-state index in [1.54, 1.807) is 0 Å². The number of anilines is 1. The van der Waals surface area contributed by atoms with Crippen molar-refractivity contribution in [2.24, 2.45) is 0 Å². The first kappa shape index (κ1) is 12.6. The highest BCUT2D eigenvalue weighted by Gasteiger charge is 2.04. The first-order valence-electron chi connectivity index (χ1n) is 6.02. The predicted molar refractivity (Wildman–Crippen MR) is 68.4 cm³/mol. The molecule has 0 aliphatic heterocycles. The molecule has 1 aromatic rings. The summed E-state index contributed by atoms with van der Waals surface area (Å²) in [7, 11) is 0. The van der Waals surface area contributed by atoms with E-state index in [0.29, 0.717) is 12.5 Å². The smallest absolute Gasteiger partial charge is 0.0669 e. The summed E-state index contributed by atoms with van der Waals surface area (Å²) in [6.07, 6.45) is 4.05. The van der Waals surface area contributed by atoms with Crippen LogP contribution in [-0.2, 0) is 6.42 Å². The van der Waals surface area contributed by atoms with Crippen molar-refractivity contribution in [1.82, 2.24) is 0 Å². The van der Waals surface area contributed by atoms with Gasteiger partial charge in [0.25, 0.3) is 0 Å². The Morgan fingerprint density at radius 3 is 2.44 bits per heavy atom. The van der Waals surface area contributed by atoms with Gasteiger partial charge in [-0.1, -0.05) is 32.4 Å². The van der Waals surface area contributed by atoms with Gasteiger partial charge in [0.05, 0.1) is 12.5 Å². The molecule has 0 radical (unpaired) electrons. The first-order chi connectivity index (χ1) is 7.80. The molecule has 2 heteroatoms. The number of rotatable bonds is 6. The summed E-state index contributed by atoms with van der Waals surface area (Å²) < 4.78 is 0. The van der Waals surface area contributed by atoms with Gasteiger partial charge in [-0.15, -0.1) is 0 Å². The molecule has 0 aromatic heterocycles. The van der Waals surface area contributed by atoms with Gasteiger partial charge in [-0.3, -0.25) is 0 Å². The van der Waals surface area contributed by atoms with Crippen molar-refractivity contribution >= 4 is 5.69 Å². The van der Waals surface area contributed by atoms with Crippen LogP contribution in [-0.4, -0.2) is 6.04 Å². The highest BCUT2D eigenvalue weighted by molar-refractivity contribution is 5.45. The molecule has 0 heterocycles. The summed E-state index contributed by atoms with van der Waals surface area (Å²) in [5.41, 5.74) is 2.23. The zero-order chi connectivity index (χ0) is 11.8. The number of nitrogens with zero attached hydrogens (tertiary/aromatic N) is 1. The summed E-state index contributed by atoms with van der Waals surface area (Å²) >= 11 is 0. The largest absolute Gasteiger partial charge is 0.382 e. The van der Waals surface area contributed by atoms with Gasteiger partial charge in [-0.05, 0) is 30.5 Å². The zero-order valence-corrected chi connectivity index (χ0v) is 10.2. The number of nitrogens with one attached hydrogen (secondary N) is 1. The molecule has 0 amide bonds. The molecule has 0 saturated heterocycles. The molecule has 0 spiro atoms. The fraction of sp³-hybridized carbons (Fsp3) is 0.500. The lowest BCUT2D eigenvalue weighted by Crippen LogP contribution is -2.17. The van der Waals surface area contributed by atoms with Gasteiger partial charge in [0, 0.05) is 11.7 Å². The van der Waals surface area contributed by atoms with E-state index in [2.05, 4.69) is 37.4 Å². The average molecular weight is 216 g/mol. The van der Waals surface area contributed by atoms with Crippen LogP contribution < -0.4 is 5.32 Å². The minimum atomic E-state index is 0.493. The van der Waals surface area contributed by atoms with E-state index in [0.717, 1.165) is 17.7 Å². The fourth-order valence-electron chi connectivity index (χ4n) is 1.77. The van der Waals surface area contributed by atoms with E-state index in [9.17, 15) is 0 Å². The number of hydrogen-bond acceptors (Lipinski definition) is 2. The summed E-state index contributed by atoms with van der Waals surface area (Å²) in [5, 5.41) is 12.1. The Bertz CT molecular complexity index is 335. The van der Waals surface area contributed by atoms with Crippen LogP contribution in [0, 0.1) is 11.3 Å².